The Hall–Kier alpha value is -3.80. The van der Waals surface area contributed by atoms with Crippen LogP contribution in [0.25, 0.3) is 5.69 Å². The minimum Gasteiger partial charge on any atom is -0.497 e. The van der Waals surface area contributed by atoms with Gasteiger partial charge in [0.25, 0.3) is 0 Å². The lowest BCUT2D eigenvalue weighted by Gasteiger charge is -2.14. The molecule has 2 aromatic carbocycles. The average molecular weight is 455 g/mol. The first-order valence-electron chi connectivity index (χ1n) is 10.5. The molecule has 3 heterocycles. The topological polar surface area (TPSA) is 91.2 Å². The van der Waals surface area contributed by atoms with Gasteiger partial charge in [0.05, 0.1) is 30.1 Å². The van der Waals surface area contributed by atoms with Crippen LogP contribution < -0.4 is 10.5 Å². The molecule has 0 spiro atoms. The van der Waals surface area contributed by atoms with Gasteiger partial charge < -0.3 is 10.5 Å². The van der Waals surface area contributed by atoms with E-state index in [1.165, 1.54) is 0 Å². The largest absolute Gasteiger partial charge is 0.497 e. The van der Waals surface area contributed by atoms with Crippen LogP contribution in [0.2, 0.25) is 0 Å². The van der Waals surface area contributed by atoms with E-state index in [1.807, 2.05) is 61.0 Å². The fourth-order valence-electron chi connectivity index (χ4n) is 3.95. The van der Waals surface area contributed by atoms with Gasteiger partial charge in [-0.1, -0.05) is 24.0 Å². The lowest BCUT2D eigenvalue weighted by molar-refractivity contribution is 0.414. The van der Waals surface area contributed by atoms with Crippen LogP contribution >= 0.6 is 11.3 Å². The fourth-order valence-corrected chi connectivity index (χ4v) is 4.61. The zero-order valence-electron chi connectivity index (χ0n) is 18.3. The Labute approximate surface area is 196 Å². The second-order valence-corrected chi connectivity index (χ2v) is 8.51. The van der Waals surface area contributed by atoms with E-state index in [-0.39, 0.29) is 6.04 Å². The molecule has 1 atom stereocenters. The molecule has 0 unspecified atom stereocenters. The number of aliphatic imine (C=N–C) groups is 1. The minimum atomic E-state index is -0.234. The highest BCUT2D eigenvalue weighted by atomic mass is 32.1. The van der Waals surface area contributed by atoms with Gasteiger partial charge in [-0.05, 0) is 37.3 Å². The van der Waals surface area contributed by atoms with E-state index in [1.54, 1.807) is 18.4 Å². The highest BCUT2D eigenvalue weighted by molar-refractivity contribution is 7.09. The molecule has 1 aliphatic rings. The Morgan fingerprint density at radius 2 is 2.00 bits per heavy atom. The van der Waals surface area contributed by atoms with Crippen LogP contribution in [0.1, 0.15) is 39.4 Å². The number of methoxy groups -OCH3 is 1. The smallest absolute Gasteiger partial charge is 0.162 e. The number of aromatic nitrogens is 4. The van der Waals surface area contributed by atoms with Gasteiger partial charge in [0, 0.05) is 34.7 Å². The Bertz CT molecular complexity index is 1380. The molecule has 0 bridgehead atoms. The summed E-state index contributed by atoms with van der Waals surface area (Å²) in [6.45, 7) is 2.29. The van der Waals surface area contributed by atoms with Crippen LogP contribution in [0.5, 0.6) is 5.75 Å². The molecular formula is C25H22N6OS. The van der Waals surface area contributed by atoms with E-state index in [4.69, 9.17) is 15.5 Å². The molecule has 8 heteroatoms. The van der Waals surface area contributed by atoms with Gasteiger partial charge >= 0.3 is 0 Å². The molecular weight excluding hydrogens is 432 g/mol. The van der Waals surface area contributed by atoms with Crippen molar-refractivity contribution in [3.8, 4) is 23.3 Å². The first-order valence-corrected chi connectivity index (χ1v) is 11.4. The normalized spacial score (nSPS) is 14.4. The van der Waals surface area contributed by atoms with Crippen LogP contribution in [-0.4, -0.2) is 39.1 Å². The van der Waals surface area contributed by atoms with E-state index in [9.17, 15) is 0 Å². The first kappa shape index (κ1) is 21.1. The van der Waals surface area contributed by atoms with Crippen LogP contribution in [0.15, 0.2) is 59.0 Å². The molecule has 0 aliphatic carbocycles. The summed E-state index contributed by atoms with van der Waals surface area (Å²) in [5, 5.41) is 11.9. The summed E-state index contributed by atoms with van der Waals surface area (Å²) in [4.78, 5) is 9.71. The van der Waals surface area contributed by atoms with Gasteiger partial charge in [-0.25, -0.2) is 4.98 Å². The summed E-state index contributed by atoms with van der Waals surface area (Å²) >= 11 is 1.62. The molecule has 0 amide bonds. The summed E-state index contributed by atoms with van der Waals surface area (Å²) in [5.74, 6) is 8.35. The number of rotatable bonds is 4. The number of ether oxygens (including phenoxy) is 1. The molecule has 164 valence electrons. The molecule has 1 aliphatic heterocycles. The Balaban J connectivity index is 1.71. The summed E-state index contributed by atoms with van der Waals surface area (Å²) < 4.78 is 7.63. The van der Waals surface area contributed by atoms with Crippen molar-refractivity contribution < 1.29 is 4.74 Å². The van der Waals surface area contributed by atoms with E-state index in [0.29, 0.717) is 13.0 Å². The molecule has 2 N–H and O–H groups in total. The molecule has 0 radical (unpaired) electrons. The molecule has 33 heavy (non-hydrogen) atoms. The molecule has 7 nitrogen and oxygen atoms in total. The zero-order valence-corrected chi connectivity index (χ0v) is 19.1. The summed E-state index contributed by atoms with van der Waals surface area (Å²) in [6, 6.07) is 13.8. The van der Waals surface area contributed by atoms with E-state index < -0.39 is 0 Å². The van der Waals surface area contributed by atoms with Crippen molar-refractivity contribution in [2.45, 2.75) is 19.4 Å². The van der Waals surface area contributed by atoms with E-state index in [0.717, 1.165) is 50.5 Å². The number of hydrogen-bond donors (Lipinski definition) is 1. The summed E-state index contributed by atoms with van der Waals surface area (Å²) in [7, 11) is 1.67. The summed E-state index contributed by atoms with van der Waals surface area (Å²) in [5.41, 5.74) is 10.2. The highest BCUT2D eigenvalue weighted by Crippen LogP contribution is 2.34. The Morgan fingerprint density at radius 1 is 1.15 bits per heavy atom. The van der Waals surface area contributed by atoms with Gasteiger partial charge in [-0.2, -0.15) is 0 Å². The van der Waals surface area contributed by atoms with Crippen LogP contribution in [0, 0.1) is 18.8 Å². The molecule has 0 saturated heterocycles. The van der Waals surface area contributed by atoms with Crippen molar-refractivity contribution >= 4 is 17.0 Å². The number of fused-ring (bicyclic) bond motifs is 3. The summed E-state index contributed by atoms with van der Waals surface area (Å²) in [6.07, 6.45) is 2.46. The minimum absolute atomic E-state index is 0.234. The lowest BCUT2D eigenvalue weighted by atomic mass is 9.99. The second kappa shape index (κ2) is 8.98. The lowest BCUT2D eigenvalue weighted by Crippen LogP contribution is -2.09. The predicted molar refractivity (Wildman–Crippen MR) is 129 cm³/mol. The van der Waals surface area contributed by atoms with Crippen molar-refractivity contribution in [2.24, 2.45) is 10.7 Å². The van der Waals surface area contributed by atoms with Gasteiger partial charge in [0.15, 0.2) is 5.82 Å². The molecule has 0 saturated carbocycles. The van der Waals surface area contributed by atoms with Crippen molar-refractivity contribution in [3.63, 3.8) is 0 Å². The third-order valence-corrected chi connectivity index (χ3v) is 6.28. The van der Waals surface area contributed by atoms with Crippen LogP contribution in [0.3, 0.4) is 0 Å². The first-order chi connectivity index (χ1) is 16.2. The third-order valence-electron chi connectivity index (χ3n) is 5.48. The quantitative estimate of drug-likeness (QED) is 0.477. The Kier molecular flexibility index (Phi) is 5.73. The van der Waals surface area contributed by atoms with E-state index in [2.05, 4.69) is 31.6 Å². The van der Waals surface area contributed by atoms with Gasteiger partial charge in [0.2, 0.25) is 0 Å². The van der Waals surface area contributed by atoms with Crippen LogP contribution in [0.4, 0.5) is 0 Å². The van der Waals surface area contributed by atoms with Gasteiger partial charge in [-0.3, -0.25) is 9.56 Å². The predicted octanol–water partition coefficient (Wildman–Crippen LogP) is 3.49. The van der Waals surface area contributed by atoms with Crippen molar-refractivity contribution in [2.75, 3.05) is 13.7 Å². The second-order valence-electron chi connectivity index (χ2n) is 7.53. The molecule has 4 aromatic rings. The molecule has 0 fully saturated rings. The van der Waals surface area contributed by atoms with Crippen molar-refractivity contribution in [1.29, 1.82) is 0 Å². The maximum Gasteiger partial charge on any atom is 0.162 e. The number of aryl methyl sites for hydroxylation is 1. The van der Waals surface area contributed by atoms with Crippen molar-refractivity contribution in [3.05, 3.63) is 87.4 Å². The van der Waals surface area contributed by atoms with Gasteiger partial charge in [0.1, 0.15) is 17.6 Å². The standard InChI is InChI=1S/C25H22N6OS/c1-16-29-30-25-21(15-23-27-12-13-33-23)28-24(18-7-5-17(6-8-18)4-3-11-26)20-14-19(32-2)9-10-22(20)31(16)25/h5-10,12-14,21H,11,15,26H2,1-2H3/t21-/m0/s1. The number of thiazole rings is 1. The number of benzene rings is 2. The average Bonchev–Trinajstić information content (AvgIpc) is 3.47. The monoisotopic (exact) mass is 454 g/mol. The van der Waals surface area contributed by atoms with Gasteiger partial charge in [-0.15, -0.1) is 21.5 Å². The van der Waals surface area contributed by atoms with Crippen LogP contribution in [-0.2, 0) is 6.42 Å². The Morgan fingerprint density at radius 3 is 2.73 bits per heavy atom. The maximum atomic E-state index is 5.55. The maximum absolute atomic E-state index is 5.55. The molecule has 2 aromatic heterocycles. The molecule has 5 rings (SSSR count). The fraction of sp³-hybridized carbons (Fsp3) is 0.200. The number of nitrogens with two attached hydrogens (primary N) is 1. The SMILES string of the molecule is COc1ccc2c(c1)C(c1ccc(C#CCN)cc1)=N[C@@H](Cc1nccs1)c1nnc(C)n1-2. The highest BCUT2D eigenvalue weighted by Gasteiger charge is 2.29. The third kappa shape index (κ3) is 4.04. The zero-order chi connectivity index (χ0) is 22.8. The number of nitrogens with zero attached hydrogens (tertiary/aromatic N) is 5. The van der Waals surface area contributed by atoms with Crippen molar-refractivity contribution in [1.82, 2.24) is 19.7 Å². The van der Waals surface area contributed by atoms with E-state index >= 15 is 0 Å². The number of hydrogen-bond acceptors (Lipinski definition) is 7.